The summed E-state index contributed by atoms with van der Waals surface area (Å²) < 4.78 is 15.1. The third kappa shape index (κ3) is 5.61. The van der Waals surface area contributed by atoms with Crippen molar-refractivity contribution >= 4 is 23.7 Å². The molecule has 7 nitrogen and oxygen atoms in total. The van der Waals surface area contributed by atoms with Crippen LogP contribution in [-0.4, -0.2) is 37.9 Å². The van der Waals surface area contributed by atoms with Gasteiger partial charge in [-0.15, -0.1) is 0 Å². The van der Waals surface area contributed by atoms with E-state index in [0.717, 1.165) is 12.8 Å². The molecule has 26 heavy (non-hydrogen) atoms. The Kier molecular flexibility index (Phi) is 7.20. The minimum absolute atomic E-state index is 0.117. The number of carbonyl (C=O) groups excluding carboxylic acids is 3. The molecule has 0 bridgehead atoms. The molecule has 1 aromatic rings. The maximum absolute atomic E-state index is 11.8. The standard InChI is InChI=1S/C19H23NO6/c1-3-4-10-24-18(22)14-5-7-16(8-6-14)20-19(23)25-11-9-15-12-26-17(21)13(15)2/h5-8,15H,2-4,9-12H2,1H3,(H,20,23)/t15-/m1/s1. The molecule has 7 heteroatoms. The summed E-state index contributed by atoms with van der Waals surface area (Å²) in [6.45, 7) is 6.50. The molecule has 1 amide bonds. The number of amides is 1. The van der Waals surface area contributed by atoms with E-state index >= 15 is 0 Å². The molecule has 1 saturated heterocycles. The van der Waals surface area contributed by atoms with E-state index < -0.39 is 12.1 Å². The van der Waals surface area contributed by atoms with Crippen molar-refractivity contribution in [1.82, 2.24) is 0 Å². The van der Waals surface area contributed by atoms with Gasteiger partial charge in [-0.1, -0.05) is 19.9 Å². The predicted molar refractivity (Wildman–Crippen MR) is 94.8 cm³/mol. The van der Waals surface area contributed by atoms with E-state index in [4.69, 9.17) is 14.2 Å². The summed E-state index contributed by atoms with van der Waals surface area (Å²) in [4.78, 5) is 34.8. The van der Waals surface area contributed by atoms with Gasteiger partial charge >= 0.3 is 18.0 Å². The van der Waals surface area contributed by atoms with E-state index in [0.29, 0.717) is 29.9 Å². The lowest BCUT2D eigenvalue weighted by Gasteiger charge is -2.10. The van der Waals surface area contributed by atoms with E-state index in [9.17, 15) is 14.4 Å². The Labute approximate surface area is 152 Å². The maximum Gasteiger partial charge on any atom is 0.411 e. The summed E-state index contributed by atoms with van der Waals surface area (Å²) in [6.07, 6.45) is 1.64. The normalized spacial score (nSPS) is 16.1. The molecule has 1 fully saturated rings. The molecule has 0 aromatic heterocycles. The molecular formula is C19H23NO6. The van der Waals surface area contributed by atoms with Gasteiger partial charge in [-0.3, -0.25) is 5.32 Å². The number of carbonyl (C=O) groups is 3. The van der Waals surface area contributed by atoms with Crippen LogP contribution in [-0.2, 0) is 19.0 Å². The highest BCUT2D eigenvalue weighted by Gasteiger charge is 2.28. The molecule has 0 saturated carbocycles. The highest BCUT2D eigenvalue weighted by atomic mass is 16.6. The summed E-state index contributed by atoms with van der Waals surface area (Å²) in [5.41, 5.74) is 1.34. The fraction of sp³-hybridized carbons (Fsp3) is 0.421. The van der Waals surface area contributed by atoms with E-state index in [-0.39, 0.29) is 25.1 Å². The molecule has 0 radical (unpaired) electrons. The van der Waals surface area contributed by atoms with Gasteiger partial charge in [0, 0.05) is 17.2 Å². The Morgan fingerprint density at radius 3 is 2.58 bits per heavy atom. The van der Waals surface area contributed by atoms with Crippen LogP contribution in [0.4, 0.5) is 10.5 Å². The molecule has 1 N–H and O–H groups in total. The van der Waals surface area contributed by atoms with Crippen LogP contribution in [0.3, 0.4) is 0 Å². The number of esters is 2. The molecule has 1 atom stereocenters. The Balaban J connectivity index is 1.72. The second-order valence-electron chi connectivity index (χ2n) is 5.94. The van der Waals surface area contributed by atoms with Crippen LogP contribution in [0.15, 0.2) is 36.4 Å². The molecule has 1 heterocycles. The van der Waals surface area contributed by atoms with Gasteiger partial charge in [0.2, 0.25) is 0 Å². The smallest absolute Gasteiger partial charge is 0.411 e. The van der Waals surface area contributed by atoms with Crippen molar-refractivity contribution in [3.63, 3.8) is 0 Å². The molecule has 1 aliphatic rings. The van der Waals surface area contributed by atoms with Crippen molar-refractivity contribution in [3.8, 4) is 0 Å². The van der Waals surface area contributed by atoms with Crippen LogP contribution in [0.5, 0.6) is 0 Å². The zero-order valence-corrected chi connectivity index (χ0v) is 14.8. The molecule has 140 valence electrons. The van der Waals surface area contributed by atoms with Crippen molar-refractivity contribution in [1.29, 1.82) is 0 Å². The first-order valence-corrected chi connectivity index (χ1v) is 8.58. The summed E-state index contributed by atoms with van der Waals surface area (Å²) in [6, 6.07) is 6.36. The Bertz CT molecular complexity index is 667. The van der Waals surface area contributed by atoms with Crippen molar-refractivity contribution in [3.05, 3.63) is 42.0 Å². The predicted octanol–water partition coefficient (Wildman–Crippen LogP) is 3.31. The second kappa shape index (κ2) is 9.60. The molecule has 0 unspecified atom stereocenters. The number of anilines is 1. The molecule has 2 rings (SSSR count). The SMILES string of the molecule is C=C1C(=O)OC[C@H]1CCOC(=O)Nc1ccc(C(=O)OCCCC)cc1. The summed E-state index contributed by atoms with van der Waals surface area (Å²) in [5.74, 6) is -0.901. The maximum atomic E-state index is 11.8. The Morgan fingerprint density at radius 1 is 1.23 bits per heavy atom. The van der Waals surface area contributed by atoms with Crippen LogP contribution in [0, 0.1) is 5.92 Å². The highest BCUT2D eigenvalue weighted by molar-refractivity contribution is 5.91. The zero-order chi connectivity index (χ0) is 18.9. The first-order chi connectivity index (χ1) is 12.5. The molecule has 1 aliphatic heterocycles. The number of cyclic esters (lactones) is 1. The third-order valence-corrected chi connectivity index (χ3v) is 3.97. The molecule has 1 aromatic carbocycles. The number of hydrogen-bond donors (Lipinski definition) is 1. The second-order valence-corrected chi connectivity index (χ2v) is 5.94. The van der Waals surface area contributed by atoms with Gasteiger partial charge in [-0.25, -0.2) is 14.4 Å². The van der Waals surface area contributed by atoms with Crippen LogP contribution >= 0.6 is 0 Å². The summed E-state index contributed by atoms with van der Waals surface area (Å²) >= 11 is 0. The van der Waals surface area contributed by atoms with Crippen molar-refractivity contribution in [2.45, 2.75) is 26.2 Å². The van der Waals surface area contributed by atoms with E-state index in [1.165, 1.54) is 0 Å². The number of hydrogen-bond acceptors (Lipinski definition) is 6. The Morgan fingerprint density at radius 2 is 1.96 bits per heavy atom. The largest absolute Gasteiger partial charge is 0.462 e. The van der Waals surface area contributed by atoms with E-state index in [1.54, 1.807) is 24.3 Å². The fourth-order valence-electron chi connectivity index (χ4n) is 2.32. The van der Waals surface area contributed by atoms with Crippen molar-refractivity contribution in [2.75, 3.05) is 25.1 Å². The average molecular weight is 361 g/mol. The van der Waals surface area contributed by atoms with Crippen molar-refractivity contribution in [2.24, 2.45) is 5.92 Å². The monoisotopic (exact) mass is 361 g/mol. The van der Waals surface area contributed by atoms with Gasteiger partial charge < -0.3 is 14.2 Å². The van der Waals surface area contributed by atoms with Gasteiger partial charge in [0.1, 0.15) is 0 Å². The van der Waals surface area contributed by atoms with Gasteiger partial charge in [0.05, 0.1) is 25.4 Å². The first kappa shape index (κ1) is 19.5. The Hall–Kier alpha value is -2.83. The topological polar surface area (TPSA) is 90.9 Å². The lowest BCUT2D eigenvalue weighted by Crippen LogP contribution is -2.16. The average Bonchev–Trinajstić information content (AvgIpc) is 2.94. The van der Waals surface area contributed by atoms with Crippen molar-refractivity contribution < 1.29 is 28.6 Å². The minimum atomic E-state index is -0.612. The molecular weight excluding hydrogens is 338 g/mol. The van der Waals surface area contributed by atoms with Crippen LogP contribution in [0.2, 0.25) is 0 Å². The lowest BCUT2D eigenvalue weighted by atomic mass is 10.0. The summed E-state index contributed by atoms with van der Waals surface area (Å²) in [5, 5.41) is 2.57. The third-order valence-electron chi connectivity index (χ3n) is 3.97. The number of benzene rings is 1. The zero-order valence-electron chi connectivity index (χ0n) is 14.8. The fourth-order valence-corrected chi connectivity index (χ4v) is 2.32. The molecule has 0 spiro atoms. The van der Waals surface area contributed by atoms with Gasteiger partial charge in [-0.2, -0.15) is 0 Å². The van der Waals surface area contributed by atoms with E-state index in [1.807, 2.05) is 6.92 Å². The minimum Gasteiger partial charge on any atom is -0.462 e. The summed E-state index contributed by atoms with van der Waals surface area (Å²) in [7, 11) is 0. The lowest BCUT2D eigenvalue weighted by molar-refractivity contribution is -0.135. The quantitative estimate of drug-likeness (QED) is 0.331. The van der Waals surface area contributed by atoms with Crippen LogP contribution in [0.25, 0.3) is 0 Å². The first-order valence-electron chi connectivity index (χ1n) is 8.58. The number of nitrogens with one attached hydrogen (secondary N) is 1. The number of rotatable bonds is 8. The van der Waals surface area contributed by atoms with Gasteiger partial charge in [-0.05, 0) is 37.1 Å². The van der Waals surface area contributed by atoms with Gasteiger partial charge in [0.15, 0.2) is 0 Å². The number of unbranched alkanes of at least 4 members (excludes halogenated alkanes) is 1. The highest BCUT2D eigenvalue weighted by Crippen LogP contribution is 2.22. The molecule has 0 aliphatic carbocycles. The van der Waals surface area contributed by atoms with E-state index in [2.05, 4.69) is 11.9 Å². The van der Waals surface area contributed by atoms with Crippen LogP contribution < -0.4 is 5.32 Å². The number of ether oxygens (including phenoxy) is 3. The van der Waals surface area contributed by atoms with Crippen LogP contribution in [0.1, 0.15) is 36.5 Å². The van der Waals surface area contributed by atoms with Gasteiger partial charge in [0.25, 0.3) is 0 Å².